The molecule has 1 saturated heterocycles. The number of halogens is 1. The summed E-state index contributed by atoms with van der Waals surface area (Å²) < 4.78 is 0. The number of urea groups is 1. The molecule has 3 amide bonds. The Hall–Kier alpha value is -1.75. The van der Waals surface area contributed by atoms with Gasteiger partial charge in [0.05, 0.1) is 0 Å². The number of anilines is 1. The lowest BCUT2D eigenvalue weighted by molar-refractivity contribution is -0.122. The van der Waals surface area contributed by atoms with Gasteiger partial charge in [-0.05, 0) is 45.0 Å². The first-order chi connectivity index (χ1) is 9.76. The molecule has 0 unspecified atom stereocenters. The van der Waals surface area contributed by atoms with Gasteiger partial charge in [0.2, 0.25) is 5.91 Å². The first kappa shape index (κ1) is 15.6. The SMILES string of the molecule is CC(C)(C)NC(=O)CN1CCN(c2ccc(Cl)cc2)C1=O. The lowest BCUT2D eigenvalue weighted by Crippen LogP contribution is -2.46. The van der Waals surface area contributed by atoms with Crippen LogP contribution in [0.3, 0.4) is 0 Å². The van der Waals surface area contributed by atoms with Crippen LogP contribution in [0.2, 0.25) is 5.02 Å². The maximum atomic E-state index is 12.3. The predicted molar refractivity (Wildman–Crippen MR) is 83.7 cm³/mol. The van der Waals surface area contributed by atoms with Crippen LogP contribution >= 0.6 is 11.6 Å². The number of benzene rings is 1. The van der Waals surface area contributed by atoms with Gasteiger partial charge in [-0.15, -0.1) is 0 Å². The van der Waals surface area contributed by atoms with E-state index in [0.29, 0.717) is 18.1 Å². The van der Waals surface area contributed by atoms with E-state index in [1.54, 1.807) is 34.1 Å². The Bertz CT molecular complexity index is 537. The summed E-state index contributed by atoms with van der Waals surface area (Å²) in [6.07, 6.45) is 0. The second-order valence-corrected chi connectivity index (χ2v) is 6.57. The van der Waals surface area contributed by atoms with Crippen molar-refractivity contribution in [2.24, 2.45) is 0 Å². The van der Waals surface area contributed by atoms with E-state index >= 15 is 0 Å². The molecule has 1 heterocycles. The summed E-state index contributed by atoms with van der Waals surface area (Å²) >= 11 is 5.85. The maximum Gasteiger partial charge on any atom is 0.325 e. The molecule has 1 aliphatic rings. The molecule has 1 aromatic carbocycles. The average Bonchev–Trinajstić information content (AvgIpc) is 2.70. The van der Waals surface area contributed by atoms with Crippen molar-refractivity contribution < 1.29 is 9.59 Å². The van der Waals surface area contributed by atoms with Crippen molar-refractivity contribution in [3.8, 4) is 0 Å². The molecule has 0 aliphatic carbocycles. The lowest BCUT2D eigenvalue weighted by atomic mass is 10.1. The van der Waals surface area contributed by atoms with Crippen LogP contribution in [0.25, 0.3) is 0 Å². The molecule has 0 saturated carbocycles. The molecule has 0 aromatic heterocycles. The number of rotatable bonds is 3. The number of carbonyl (C=O) groups is 2. The molecule has 2 rings (SSSR count). The first-order valence-corrected chi connectivity index (χ1v) is 7.27. The molecular formula is C15H20ClN3O2. The highest BCUT2D eigenvalue weighted by Crippen LogP contribution is 2.22. The standard InChI is InChI=1S/C15H20ClN3O2/c1-15(2,3)17-13(20)10-18-8-9-19(14(18)21)12-6-4-11(16)5-7-12/h4-7H,8-10H2,1-3H3,(H,17,20). The molecular weight excluding hydrogens is 290 g/mol. The maximum absolute atomic E-state index is 12.3. The second-order valence-electron chi connectivity index (χ2n) is 6.13. The fourth-order valence-electron chi connectivity index (χ4n) is 2.22. The molecule has 6 heteroatoms. The highest BCUT2D eigenvalue weighted by molar-refractivity contribution is 6.30. The van der Waals surface area contributed by atoms with Crippen molar-refractivity contribution in [3.05, 3.63) is 29.3 Å². The number of hydrogen-bond donors (Lipinski definition) is 1. The Balaban J connectivity index is 1.98. The summed E-state index contributed by atoms with van der Waals surface area (Å²) in [4.78, 5) is 27.4. The Labute approximate surface area is 129 Å². The summed E-state index contributed by atoms with van der Waals surface area (Å²) in [6, 6.07) is 6.96. The van der Waals surface area contributed by atoms with Gasteiger partial charge in [-0.2, -0.15) is 0 Å². The van der Waals surface area contributed by atoms with E-state index in [9.17, 15) is 9.59 Å². The Morgan fingerprint density at radius 2 is 1.86 bits per heavy atom. The van der Waals surface area contributed by atoms with E-state index in [1.165, 1.54) is 0 Å². The number of hydrogen-bond acceptors (Lipinski definition) is 2. The molecule has 1 aliphatic heterocycles. The topological polar surface area (TPSA) is 52.7 Å². The van der Waals surface area contributed by atoms with Crippen molar-refractivity contribution >= 4 is 29.2 Å². The van der Waals surface area contributed by atoms with Crippen molar-refractivity contribution in [3.63, 3.8) is 0 Å². The van der Waals surface area contributed by atoms with Gasteiger partial charge >= 0.3 is 6.03 Å². The van der Waals surface area contributed by atoms with Gasteiger partial charge in [0.25, 0.3) is 0 Å². The first-order valence-electron chi connectivity index (χ1n) is 6.89. The van der Waals surface area contributed by atoms with Gasteiger partial charge in [-0.1, -0.05) is 11.6 Å². The van der Waals surface area contributed by atoms with Crippen LogP contribution in [0.4, 0.5) is 10.5 Å². The number of nitrogens with one attached hydrogen (secondary N) is 1. The molecule has 5 nitrogen and oxygen atoms in total. The zero-order valence-electron chi connectivity index (χ0n) is 12.5. The Morgan fingerprint density at radius 3 is 2.43 bits per heavy atom. The Morgan fingerprint density at radius 1 is 1.24 bits per heavy atom. The molecule has 0 bridgehead atoms. The van der Waals surface area contributed by atoms with E-state index in [0.717, 1.165) is 5.69 Å². The van der Waals surface area contributed by atoms with Gasteiger partial charge in [0.1, 0.15) is 6.54 Å². The third kappa shape index (κ3) is 4.11. The third-order valence-corrected chi connectivity index (χ3v) is 3.33. The summed E-state index contributed by atoms with van der Waals surface area (Å²) in [5.41, 5.74) is 0.499. The Kier molecular flexibility index (Phi) is 4.42. The minimum Gasteiger partial charge on any atom is -0.350 e. The largest absolute Gasteiger partial charge is 0.350 e. The molecule has 1 fully saturated rings. The number of carbonyl (C=O) groups excluding carboxylic acids is 2. The minimum atomic E-state index is -0.296. The molecule has 1 N–H and O–H groups in total. The highest BCUT2D eigenvalue weighted by Gasteiger charge is 2.31. The predicted octanol–water partition coefficient (Wildman–Crippen LogP) is 2.50. The van der Waals surface area contributed by atoms with Crippen molar-refractivity contribution in [1.82, 2.24) is 10.2 Å². The molecule has 114 valence electrons. The summed E-state index contributed by atoms with van der Waals surface area (Å²) in [5.74, 6) is -0.145. The van der Waals surface area contributed by atoms with Gasteiger partial charge in [0, 0.05) is 29.3 Å². The van der Waals surface area contributed by atoms with E-state index in [-0.39, 0.29) is 24.0 Å². The zero-order valence-corrected chi connectivity index (χ0v) is 13.3. The third-order valence-electron chi connectivity index (χ3n) is 3.08. The van der Waals surface area contributed by atoms with E-state index in [1.807, 2.05) is 20.8 Å². The highest BCUT2D eigenvalue weighted by atomic mass is 35.5. The van der Waals surface area contributed by atoms with Crippen LogP contribution in [0.1, 0.15) is 20.8 Å². The minimum absolute atomic E-state index is 0.0835. The van der Waals surface area contributed by atoms with Crippen LogP contribution in [-0.4, -0.2) is 42.0 Å². The zero-order chi connectivity index (χ0) is 15.6. The van der Waals surface area contributed by atoms with Crippen LogP contribution in [0.15, 0.2) is 24.3 Å². The number of nitrogens with zero attached hydrogens (tertiary/aromatic N) is 2. The van der Waals surface area contributed by atoms with E-state index in [2.05, 4.69) is 5.32 Å². The van der Waals surface area contributed by atoms with Crippen LogP contribution in [0, 0.1) is 0 Å². The number of amides is 3. The molecule has 21 heavy (non-hydrogen) atoms. The van der Waals surface area contributed by atoms with Gasteiger partial charge in [-0.25, -0.2) is 4.79 Å². The second kappa shape index (κ2) is 5.93. The fraction of sp³-hybridized carbons (Fsp3) is 0.467. The van der Waals surface area contributed by atoms with E-state index in [4.69, 9.17) is 11.6 Å². The molecule has 0 spiro atoms. The van der Waals surface area contributed by atoms with Gasteiger partial charge < -0.3 is 10.2 Å². The van der Waals surface area contributed by atoms with Gasteiger partial charge in [-0.3, -0.25) is 9.69 Å². The fourth-order valence-corrected chi connectivity index (χ4v) is 2.35. The van der Waals surface area contributed by atoms with Crippen LogP contribution in [0.5, 0.6) is 0 Å². The normalized spacial score (nSPS) is 15.5. The molecule has 0 radical (unpaired) electrons. The average molecular weight is 310 g/mol. The van der Waals surface area contributed by atoms with Crippen LogP contribution in [-0.2, 0) is 4.79 Å². The molecule has 0 atom stereocenters. The monoisotopic (exact) mass is 309 g/mol. The summed E-state index contributed by atoms with van der Waals surface area (Å²) in [7, 11) is 0. The van der Waals surface area contributed by atoms with Crippen molar-refractivity contribution in [1.29, 1.82) is 0 Å². The summed E-state index contributed by atoms with van der Waals surface area (Å²) in [5, 5.41) is 3.49. The van der Waals surface area contributed by atoms with Crippen molar-refractivity contribution in [2.75, 3.05) is 24.5 Å². The van der Waals surface area contributed by atoms with Gasteiger partial charge in [0.15, 0.2) is 0 Å². The lowest BCUT2D eigenvalue weighted by Gasteiger charge is -2.23. The summed E-state index contributed by atoms with van der Waals surface area (Å²) in [6.45, 7) is 6.94. The van der Waals surface area contributed by atoms with Crippen LogP contribution < -0.4 is 10.2 Å². The molecule has 1 aromatic rings. The smallest absolute Gasteiger partial charge is 0.325 e. The van der Waals surface area contributed by atoms with Crippen molar-refractivity contribution in [2.45, 2.75) is 26.3 Å². The quantitative estimate of drug-likeness (QED) is 0.932. The van der Waals surface area contributed by atoms with E-state index < -0.39 is 0 Å².